The van der Waals surface area contributed by atoms with Gasteiger partial charge in [-0.2, -0.15) is 17.7 Å². The lowest BCUT2D eigenvalue weighted by atomic mass is 10.2. The summed E-state index contributed by atoms with van der Waals surface area (Å²) in [6.45, 7) is 2.04. The summed E-state index contributed by atoms with van der Waals surface area (Å²) in [5.41, 5.74) is 0.779. The molecular weight excluding hydrogens is 262 g/mol. The summed E-state index contributed by atoms with van der Waals surface area (Å²) in [7, 11) is 3.58. The van der Waals surface area contributed by atoms with Gasteiger partial charge in [-0.3, -0.25) is 4.79 Å². The number of anilines is 1. The Morgan fingerprint density at radius 2 is 2.21 bits per heavy atom. The third-order valence-corrected chi connectivity index (χ3v) is 3.27. The maximum absolute atomic E-state index is 11.9. The molecule has 0 N–H and O–H groups in total. The Hall–Kier alpha value is -1.01. The Balaban J connectivity index is 2.56. The average Bonchev–Trinajstić information content (AvgIpc) is 2.42. The third-order valence-electron chi connectivity index (χ3n) is 2.95. The number of aromatic nitrogens is 2. The van der Waals surface area contributed by atoms with Crippen LogP contribution in [-0.2, 0) is 11.3 Å². The van der Waals surface area contributed by atoms with Crippen LogP contribution in [0.15, 0.2) is 17.1 Å². The maximum Gasteiger partial charge on any atom is 0.268 e. The zero-order valence-electron chi connectivity index (χ0n) is 11.7. The topological polar surface area (TPSA) is 47.4 Å². The standard InChI is InChI=1S/C13H23N3O2S/c1-15(7-8-18-2)12-10-13(17)16(14-11-12)6-4-3-5-9-19/h10-11,19H,3-9H2,1-2H3. The van der Waals surface area contributed by atoms with E-state index in [-0.39, 0.29) is 5.56 Å². The molecule has 1 aromatic rings. The summed E-state index contributed by atoms with van der Waals surface area (Å²) in [6.07, 6.45) is 4.85. The molecular formula is C13H23N3O2S. The van der Waals surface area contributed by atoms with E-state index in [9.17, 15) is 4.79 Å². The molecule has 0 aromatic carbocycles. The molecule has 1 heterocycles. The molecule has 0 fully saturated rings. The summed E-state index contributed by atoms with van der Waals surface area (Å²) < 4.78 is 6.53. The predicted octanol–water partition coefficient (Wildman–Crippen LogP) is 1.43. The van der Waals surface area contributed by atoms with Crippen LogP contribution in [0.3, 0.4) is 0 Å². The molecule has 0 radical (unpaired) electrons. The highest BCUT2D eigenvalue weighted by atomic mass is 32.1. The number of hydrogen-bond donors (Lipinski definition) is 1. The van der Waals surface area contributed by atoms with Crippen molar-refractivity contribution in [2.24, 2.45) is 0 Å². The fourth-order valence-corrected chi connectivity index (χ4v) is 1.93. The molecule has 0 aliphatic heterocycles. The molecule has 0 bridgehead atoms. The van der Waals surface area contributed by atoms with Gasteiger partial charge in [-0.25, -0.2) is 4.68 Å². The molecule has 1 aromatic heterocycles. The number of thiol groups is 1. The monoisotopic (exact) mass is 285 g/mol. The minimum atomic E-state index is -0.0485. The van der Waals surface area contributed by atoms with Gasteiger partial charge in [-0.05, 0) is 18.6 Å². The van der Waals surface area contributed by atoms with Crippen LogP contribution in [0.1, 0.15) is 19.3 Å². The molecule has 0 amide bonds. The SMILES string of the molecule is COCCN(C)c1cnn(CCCCCS)c(=O)c1. The van der Waals surface area contributed by atoms with Gasteiger partial charge in [0.2, 0.25) is 0 Å². The van der Waals surface area contributed by atoms with E-state index in [2.05, 4.69) is 17.7 Å². The van der Waals surface area contributed by atoms with Gasteiger partial charge in [0.05, 0.1) is 18.5 Å². The largest absolute Gasteiger partial charge is 0.383 e. The quantitative estimate of drug-likeness (QED) is 0.551. The number of nitrogens with zero attached hydrogens (tertiary/aromatic N) is 3. The van der Waals surface area contributed by atoms with Crippen molar-refractivity contribution in [1.82, 2.24) is 9.78 Å². The van der Waals surface area contributed by atoms with Crippen molar-refractivity contribution in [2.45, 2.75) is 25.8 Å². The van der Waals surface area contributed by atoms with Crippen LogP contribution in [0, 0.1) is 0 Å². The summed E-state index contributed by atoms with van der Waals surface area (Å²) in [4.78, 5) is 13.9. The number of ether oxygens (including phenoxy) is 1. The minimum Gasteiger partial charge on any atom is -0.383 e. The van der Waals surface area contributed by atoms with Crippen LogP contribution in [0.2, 0.25) is 0 Å². The molecule has 0 spiro atoms. The van der Waals surface area contributed by atoms with Crippen LogP contribution < -0.4 is 10.5 Å². The number of aryl methyl sites for hydroxylation is 1. The van der Waals surface area contributed by atoms with Gasteiger partial charge in [-0.15, -0.1) is 0 Å². The molecule has 0 aliphatic rings. The first-order valence-electron chi connectivity index (χ1n) is 6.57. The fourth-order valence-electron chi connectivity index (χ4n) is 1.71. The van der Waals surface area contributed by atoms with Gasteiger partial charge in [0.1, 0.15) is 0 Å². The van der Waals surface area contributed by atoms with Gasteiger partial charge in [0.15, 0.2) is 0 Å². The minimum absolute atomic E-state index is 0.0485. The van der Waals surface area contributed by atoms with Crippen molar-refractivity contribution >= 4 is 18.3 Å². The first-order chi connectivity index (χ1) is 9.19. The lowest BCUT2D eigenvalue weighted by Gasteiger charge is -2.18. The number of rotatable bonds is 9. The van der Waals surface area contributed by atoms with Crippen molar-refractivity contribution in [3.8, 4) is 0 Å². The van der Waals surface area contributed by atoms with E-state index in [1.165, 1.54) is 4.68 Å². The molecule has 19 heavy (non-hydrogen) atoms. The van der Waals surface area contributed by atoms with E-state index in [4.69, 9.17) is 4.74 Å². The number of methoxy groups -OCH3 is 1. The van der Waals surface area contributed by atoms with E-state index < -0.39 is 0 Å². The lowest BCUT2D eigenvalue weighted by molar-refractivity contribution is 0.206. The summed E-state index contributed by atoms with van der Waals surface area (Å²) in [6, 6.07) is 1.63. The van der Waals surface area contributed by atoms with E-state index in [1.54, 1.807) is 19.4 Å². The second kappa shape index (κ2) is 8.98. The van der Waals surface area contributed by atoms with Crippen LogP contribution in [0.4, 0.5) is 5.69 Å². The van der Waals surface area contributed by atoms with Gasteiger partial charge in [0, 0.05) is 33.3 Å². The van der Waals surface area contributed by atoms with Gasteiger partial charge in [0.25, 0.3) is 5.56 Å². The fraction of sp³-hybridized carbons (Fsp3) is 0.692. The van der Waals surface area contributed by atoms with Gasteiger partial charge < -0.3 is 9.64 Å². The predicted molar refractivity (Wildman–Crippen MR) is 81.3 cm³/mol. The normalized spacial score (nSPS) is 10.7. The Morgan fingerprint density at radius 3 is 2.84 bits per heavy atom. The first-order valence-corrected chi connectivity index (χ1v) is 7.20. The number of unbranched alkanes of at least 4 members (excludes halogenated alkanes) is 2. The molecule has 0 aliphatic carbocycles. The second-order valence-corrected chi connectivity index (χ2v) is 4.92. The van der Waals surface area contributed by atoms with Crippen molar-refractivity contribution in [3.05, 3.63) is 22.6 Å². The van der Waals surface area contributed by atoms with Crippen molar-refractivity contribution in [2.75, 3.05) is 38.0 Å². The highest BCUT2D eigenvalue weighted by molar-refractivity contribution is 7.80. The summed E-state index contributed by atoms with van der Waals surface area (Å²) in [5.74, 6) is 0.894. The smallest absolute Gasteiger partial charge is 0.268 e. The third kappa shape index (κ3) is 5.65. The Morgan fingerprint density at radius 1 is 1.42 bits per heavy atom. The molecule has 1 rings (SSSR count). The van der Waals surface area contributed by atoms with Crippen molar-refractivity contribution in [3.63, 3.8) is 0 Å². The number of hydrogen-bond acceptors (Lipinski definition) is 5. The summed E-state index contributed by atoms with van der Waals surface area (Å²) in [5, 5.41) is 4.21. The number of likely N-dealkylation sites (N-methyl/N-ethyl adjacent to an activating group) is 1. The van der Waals surface area contributed by atoms with Crippen molar-refractivity contribution in [1.29, 1.82) is 0 Å². The van der Waals surface area contributed by atoms with E-state index in [1.807, 2.05) is 11.9 Å². The lowest BCUT2D eigenvalue weighted by Crippen LogP contribution is -2.27. The van der Waals surface area contributed by atoms with Crippen LogP contribution in [0.25, 0.3) is 0 Å². The Bertz CT molecular complexity index is 423. The maximum atomic E-state index is 11.9. The highest BCUT2D eigenvalue weighted by Gasteiger charge is 2.04. The Labute approximate surface area is 120 Å². The van der Waals surface area contributed by atoms with Gasteiger partial charge >= 0.3 is 0 Å². The highest BCUT2D eigenvalue weighted by Crippen LogP contribution is 2.06. The zero-order chi connectivity index (χ0) is 14.1. The average molecular weight is 285 g/mol. The molecule has 108 valence electrons. The molecule has 6 heteroatoms. The summed E-state index contributed by atoms with van der Waals surface area (Å²) >= 11 is 4.17. The van der Waals surface area contributed by atoms with E-state index in [0.29, 0.717) is 13.2 Å². The second-order valence-electron chi connectivity index (χ2n) is 4.47. The van der Waals surface area contributed by atoms with E-state index in [0.717, 1.165) is 37.2 Å². The van der Waals surface area contributed by atoms with Crippen LogP contribution in [0.5, 0.6) is 0 Å². The zero-order valence-corrected chi connectivity index (χ0v) is 12.6. The Kier molecular flexibility index (Phi) is 7.59. The van der Waals surface area contributed by atoms with Crippen molar-refractivity contribution < 1.29 is 4.74 Å². The molecule has 0 saturated heterocycles. The molecule has 0 unspecified atom stereocenters. The van der Waals surface area contributed by atoms with Crippen LogP contribution >= 0.6 is 12.6 Å². The van der Waals surface area contributed by atoms with Gasteiger partial charge in [-0.1, -0.05) is 6.42 Å². The first kappa shape index (κ1) is 16.0. The molecule has 5 nitrogen and oxygen atoms in total. The van der Waals surface area contributed by atoms with Crippen LogP contribution in [-0.4, -0.2) is 42.8 Å². The molecule has 0 saturated carbocycles. The van der Waals surface area contributed by atoms with E-state index >= 15 is 0 Å². The molecule has 0 atom stereocenters.